The van der Waals surface area contributed by atoms with Crippen LogP contribution in [0.15, 0.2) is 15.7 Å². The van der Waals surface area contributed by atoms with Gasteiger partial charge in [-0.3, -0.25) is 4.79 Å². The molecule has 1 aromatic heterocycles. The molecule has 2 aliphatic rings. The van der Waals surface area contributed by atoms with Gasteiger partial charge in [0.15, 0.2) is 10.8 Å². The minimum absolute atomic E-state index is 0.00657. The number of carboxylic acid groups (broad SMARTS) is 1. The molecule has 0 bridgehead atoms. The van der Waals surface area contributed by atoms with Crippen molar-refractivity contribution in [3.63, 3.8) is 0 Å². The summed E-state index contributed by atoms with van der Waals surface area (Å²) in [5, 5.41) is 30.4. The van der Waals surface area contributed by atoms with Gasteiger partial charge >= 0.3 is 5.97 Å². The Morgan fingerprint density at radius 1 is 1.45 bits per heavy atom. The molecule has 2 aliphatic heterocycles. The number of thiazole rings is 1. The number of carboxylic acids is 1. The summed E-state index contributed by atoms with van der Waals surface area (Å²) >= 11 is 7.14. The highest BCUT2D eigenvalue weighted by Crippen LogP contribution is 2.30. The zero-order valence-corrected chi connectivity index (χ0v) is 18.7. The monoisotopic (exact) mass is 469 g/mol. The molecule has 1 amide bonds. The Labute approximate surface area is 188 Å². The predicted octanol–water partition coefficient (Wildman–Crippen LogP) is 1.77. The predicted molar refractivity (Wildman–Crippen MR) is 118 cm³/mol. The van der Waals surface area contributed by atoms with Crippen molar-refractivity contribution in [1.29, 1.82) is 5.41 Å². The number of nitrogens with zero attached hydrogens (tertiary/aromatic N) is 3. The maximum atomic E-state index is 12.8. The lowest BCUT2D eigenvalue weighted by molar-refractivity contribution is -0.116. The maximum Gasteiger partial charge on any atom is 0.347 e. The van der Waals surface area contributed by atoms with Crippen LogP contribution in [0.2, 0.25) is 0 Å². The van der Waals surface area contributed by atoms with Gasteiger partial charge in [-0.2, -0.15) is 0 Å². The van der Waals surface area contributed by atoms with Gasteiger partial charge in [0.25, 0.3) is 5.91 Å². The smallest absolute Gasteiger partial charge is 0.347 e. The highest BCUT2D eigenvalue weighted by atomic mass is 35.5. The fourth-order valence-electron chi connectivity index (χ4n) is 3.55. The van der Waals surface area contributed by atoms with Gasteiger partial charge in [-0.1, -0.05) is 29.9 Å². The Bertz CT molecular complexity index is 959. The van der Waals surface area contributed by atoms with Gasteiger partial charge in [-0.15, -0.1) is 0 Å². The second-order valence-corrected chi connectivity index (χ2v) is 8.52. The van der Waals surface area contributed by atoms with E-state index in [0.717, 1.165) is 16.9 Å². The number of ether oxygens (including phenoxy) is 1. The Morgan fingerprint density at radius 2 is 2.19 bits per heavy atom. The second-order valence-electron chi connectivity index (χ2n) is 7.19. The molecule has 0 spiro atoms. The van der Waals surface area contributed by atoms with Gasteiger partial charge in [-0.05, 0) is 18.4 Å². The molecule has 31 heavy (non-hydrogen) atoms. The summed E-state index contributed by atoms with van der Waals surface area (Å²) in [6.45, 7) is 2.35. The van der Waals surface area contributed by atoms with E-state index in [0.29, 0.717) is 37.5 Å². The van der Waals surface area contributed by atoms with Crippen molar-refractivity contribution in [1.82, 2.24) is 10.3 Å². The fraction of sp³-hybridized carbons (Fsp3) is 0.526. The summed E-state index contributed by atoms with van der Waals surface area (Å²) in [5.74, 6) is -1.60. The number of carbonyl (C=O) groups excluding carboxylic acids is 1. The first-order valence-corrected chi connectivity index (χ1v) is 10.9. The van der Waals surface area contributed by atoms with Gasteiger partial charge in [0.1, 0.15) is 10.0 Å². The van der Waals surface area contributed by atoms with Crippen molar-refractivity contribution in [2.24, 2.45) is 4.99 Å². The van der Waals surface area contributed by atoms with Crippen LogP contribution >= 0.6 is 22.9 Å². The van der Waals surface area contributed by atoms with Gasteiger partial charge in [-0.25, -0.2) is 14.8 Å². The van der Waals surface area contributed by atoms with Crippen molar-refractivity contribution in [2.75, 3.05) is 25.1 Å². The Hall–Kier alpha value is -2.34. The molecule has 0 saturated carbocycles. The number of carbonyl (C=O) groups is 2. The van der Waals surface area contributed by atoms with Gasteiger partial charge in [0, 0.05) is 26.6 Å². The standard InChI is InChI=1S/C19H24ClN5O5S/c1-3-9-6-10(21)14(24-16(9)20)17(27)22-11-4-5-25(7-13(11)30-2)19-23-12(8-26)15(31-19)18(28)29/h11,13,21,26H,3-8H2,1-2H3,(H,22,27)(H,28,29)/t11?,13-/m0/s1. The first-order chi connectivity index (χ1) is 14.8. The lowest BCUT2D eigenvalue weighted by Gasteiger charge is -2.38. The van der Waals surface area contributed by atoms with E-state index in [1.54, 1.807) is 0 Å². The lowest BCUT2D eigenvalue weighted by Crippen LogP contribution is -2.56. The van der Waals surface area contributed by atoms with Gasteiger partial charge in [0.05, 0.1) is 30.2 Å². The molecular formula is C19H24ClN5O5S. The van der Waals surface area contributed by atoms with Crippen LogP contribution in [0.4, 0.5) is 5.13 Å². The Morgan fingerprint density at radius 3 is 2.77 bits per heavy atom. The summed E-state index contributed by atoms with van der Waals surface area (Å²) in [7, 11) is 1.53. The molecule has 2 atom stereocenters. The van der Waals surface area contributed by atoms with E-state index in [9.17, 15) is 19.8 Å². The van der Waals surface area contributed by atoms with Crippen molar-refractivity contribution < 1.29 is 24.5 Å². The molecule has 0 aliphatic carbocycles. The number of aliphatic imine (C=N–C) groups is 1. The van der Waals surface area contributed by atoms with E-state index < -0.39 is 18.5 Å². The zero-order chi connectivity index (χ0) is 22.7. The number of hydrogen-bond acceptors (Lipinski definition) is 9. The number of aliphatic hydroxyl groups excluding tert-OH is 1. The Kier molecular flexibility index (Phi) is 7.42. The number of hydrogen-bond donors (Lipinski definition) is 4. The average molecular weight is 470 g/mol. The molecule has 0 radical (unpaired) electrons. The quantitative estimate of drug-likeness (QED) is 0.444. The third-order valence-corrected chi connectivity index (χ3v) is 6.80. The first-order valence-electron chi connectivity index (χ1n) is 9.75. The van der Waals surface area contributed by atoms with Crippen LogP contribution in [0.3, 0.4) is 0 Å². The van der Waals surface area contributed by atoms with E-state index in [4.69, 9.17) is 21.7 Å². The molecule has 1 unspecified atom stereocenters. The highest BCUT2D eigenvalue weighted by Gasteiger charge is 2.34. The summed E-state index contributed by atoms with van der Waals surface area (Å²) in [5.41, 5.74) is 1.10. The van der Waals surface area contributed by atoms with Crippen molar-refractivity contribution >= 4 is 51.4 Å². The van der Waals surface area contributed by atoms with Crippen LogP contribution in [0.25, 0.3) is 0 Å². The zero-order valence-electron chi connectivity index (χ0n) is 17.1. The van der Waals surface area contributed by atoms with E-state index >= 15 is 0 Å². The van der Waals surface area contributed by atoms with Gasteiger partial charge in [0.2, 0.25) is 0 Å². The fourth-order valence-corrected chi connectivity index (χ4v) is 4.79. The third kappa shape index (κ3) is 4.95. The molecule has 168 valence electrons. The minimum atomic E-state index is -1.13. The number of rotatable bonds is 7. The van der Waals surface area contributed by atoms with Crippen LogP contribution in [0.1, 0.15) is 41.6 Å². The maximum absolute atomic E-state index is 12.8. The average Bonchev–Trinajstić information content (AvgIpc) is 3.20. The lowest BCUT2D eigenvalue weighted by atomic mass is 9.99. The number of methoxy groups -OCH3 is 1. The number of aromatic carboxylic acids is 1. The molecule has 4 N–H and O–H groups in total. The van der Waals surface area contributed by atoms with E-state index in [2.05, 4.69) is 15.3 Å². The summed E-state index contributed by atoms with van der Waals surface area (Å²) in [4.78, 5) is 34.3. The second kappa shape index (κ2) is 9.86. The number of amides is 1. The van der Waals surface area contributed by atoms with E-state index in [1.807, 2.05) is 11.8 Å². The van der Waals surface area contributed by atoms with Crippen LogP contribution in [0, 0.1) is 5.41 Å². The molecule has 1 saturated heterocycles. The normalized spacial score (nSPS) is 21.9. The van der Waals surface area contributed by atoms with Crippen LogP contribution < -0.4 is 10.2 Å². The number of piperidine rings is 1. The number of halogens is 1. The van der Waals surface area contributed by atoms with E-state index in [1.165, 1.54) is 7.11 Å². The molecule has 12 heteroatoms. The third-order valence-electron chi connectivity index (χ3n) is 5.30. The van der Waals surface area contributed by atoms with Crippen LogP contribution in [0.5, 0.6) is 0 Å². The topological polar surface area (TPSA) is 148 Å². The Balaban J connectivity index is 1.71. The van der Waals surface area contributed by atoms with Crippen molar-refractivity contribution in [3.8, 4) is 0 Å². The number of nitrogens with one attached hydrogen (secondary N) is 2. The molecule has 3 rings (SSSR count). The van der Waals surface area contributed by atoms with Gasteiger partial charge < -0.3 is 30.6 Å². The number of anilines is 1. The number of aliphatic hydroxyl groups is 1. The summed E-state index contributed by atoms with van der Waals surface area (Å²) in [6, 6.07) is -0.323. The summed E-state index contributed by atoms with van der Waals surface area (Å²) in [6.07, 6.45) is 1.10. The number of allylic oxidation sites excluding steroid dienone is 1. The van der Waals surface area contributed by atoms with E-state index in [-0.39, 0.29) is 39.3 Å². The molecule has 1 aromatic rings. The highest BCUT2D eigenvalue weighted by molar-refractivity contribution is 7.17. The SMILES string of the molecule is CCC1=C(Cl)N=C(C(=O)NC2CCN(c3nc(CO)c(C(=O)O)s3)C[C@@H]2OC)C(=N)C1. The molecule has 10 nitrogen and oxygen atoms in total. The molecule has 1 fully saturated rings. The number of aromatic nitrogens is 1. The van der Waals surface area contributed by atoms with Crippen molar-refractivity contribution in [3.05, 3.63) is 21.3 Å². The molecular weight excluding hydrogens is 446 g/mol. The largest absolute Gasteiger partial charge is 0.477 e. The minimum Gasteiger partial charge on any atom is -0.477 e. The molecule has 3 heterocycles. The van der Waals surface area contributed by atoms with Crippen LogP contribution in [-0.2, 0) is 16.1 Å². The van der Waals surface area contributed by atoms with Crippen LogP contribution in [-0.4, -0.2) is 70.8 Å². The van der Waals surface area contributed by atoms with Crippen molar-refractivity contribution in [2.45, 2.75) is 44.9 Å². The first kappa shape index (κ1) is 23.3. The molecule has 0 aromatic carbocycles. The summed E-state index contributed by atoms with van der Waals surface area (Å²) < 4.78 is 5.56.